The van der Waals surface area contributed by atoms with Gasteiger partial charge in [0.25, 0.3) is 0 Å². The van der Waals surface area contributed by atoms with E-state index in [0.29, 0.717) is 16.7 Å². The summed E-state index contributed by atoms with van der Waals surface area (Å²) in [5.74, 6) is -0.407. The van der Waals surface area contributed by atoms with E-state index in [1.807, 2.05) is 6.92 Å². The first-order valence-electron chi connectivity index (χ1n) is 5.52. The third-order valence-corrected chi connectivity index (χ3v) is 2.73. The smallest absolute Gasteiger partial charge is 0.197 e. The molecule has 1 aromatic carbocycles. The van der Waals surface area contributed by atoms with E-state index in [1.165, 1.54) is 18.2 Å². The maximum Gasteiger partial charge on any atom is 0.197 e. The number of benzene rings is 1. The van der Waals surface area contributed by atoms with E-state index in [2.05, 4.69) is 4.98 Å². The number of aromatic nitrogens is 1. The summed E-state index contributed by atoms with van der Waals surface area (Å²) in [6.45, 7) is 3.52. The van der Waals surface area contributed by atoms with Gasteiger partial charge in [-0.05, 0) is 49.2 Å². The molecule has 0 radical (unpaired) electrons. The third-order valence-electron chi connectivity index (χ3n) is 2.73. The van der Waals surface area contributed by atoms with Crippen LogP contribution >= 0.6 is 0 Å². The van der Waals surface area contributed by atoms with Crippen molar-refractivity contribution in [1.82, 2.24) is 4.98 Å². The number of aryl methyl sites for hydroxylation is 2. The van der Waals surface area contributed by atoms with Crippen molar-refractivity contribution >= 4 is 11.6 Å². The summed E-state index contributed by atoms with van der Waals surface area (Å²) in [5.41, 5.74) is 7.93. The third kappa shape index (κ3) is 2.22. The highest BCUT2D eigenvalue weighted by Crippen LogP contribution is 2.19. The van der Waals surface area contributed by atoms with Gasteiger partial charge in [0.2, 0.25) is 0 Å². The highest BCUT2D eigenvalue weighted by atomic mass is 19.1. The van der Waals surface area contributed by atoms with Crippen molar-refractivity contribution in [3.63, 3.8) is 0 Å². The Bertz CT molecular complexity index is 623. The monoisotopic (exact) mass is 244 g/mol. The van der Waals surface area contributed by atoms with Gasteiger partial charge < -0.3 is 5.73 Å². The van der Waals surface area contributed by atoms with Crippen LogP contribution in [-0.4, -0.2) is 10.8 Å². The van der Waals surface area contributed by atoms with Crippen LogP contribution in [0.1, 0.15) is 27.0 Å². The summed E-state index contributed by atoms with van der Waals surface area (Å²) < 4.78 is 13.0. The van der Waals surface area contributed by atoms with E-state index in [4.69, 9.17) is 5.73 Å². The molecule has 2 N–H and O–H groups in total. The minimum Gasteiger partial charge on any atom is -0.383 e. The molecule has 4 heteroatoms. The number of nitrogens with zero attached hydrogens (tertiary/aromatic N) is 1. The highest BCUT2D eigenvalue weighted by Gasteiger charge is 2.15. The second-order valence-corrected chi connectivity index (χ2v) is 4.23. The molecule has 0 aliphatic heterocycles. The predicted octanol–water partition coefficient (Wildman–Crippen LogP) is 2.65. The van der Waals surface area contributed by atoms with Crippen LogP contribution in [0.25, 0.3) is 0 Å². The Morgan fingerprint density at radius 1 is 1.22 bits per heavy atom. The highest BCUT2D eigenvalue weighted by molar-refractivity contribution is 6.12. The Kier molecular flexibility index (Phi) is 3.10. The van der Waals surface area contributed by atoms with Gasteiger partial charge in [-0.1, -0.05) is 0 Å². The summed E-state index contributed by atoms with van der Waals surface area (Å²) in [7, 11) is 0. The summed E-state index contributed by atoms with van der Waals surface area (Å²) in [6.07, 6.45) is 1.60. The Morgan fingerprint density at radius 3 is 2.61 bits per heavy atom. The van der Waals surface area contributed by atoms with E-state index in [-0.39, 0.29) is 17.4 Å². The number of rotatable bonds is 2. The molecule has 2 rings (SSSR count). The molecule has 0 aliphatic rings. The van der Waals surface area contributed by atoms with E-state index in [0.717, 1.165) is 5.56 Å². The number of carbonyl (C=O) groups excluding carboxylic acids is 1. The first kappa shape index (κ1) is 12.2. The lowest BCUT2D eigenvalue weighted by Gasteiger charge is -2.07. The molecule has 92 valence electrons. The van der Waals surface area contributed by atoms with Crippen LogP contribution in [0.4, 0.5) is 10.2 Å². The van der Waals surface area contributed by atoms with Crippen molar-refractivity contribution in [2.45, 2.75) is 13.8 Å². The average molecular weight is 244 g/mol. The van der Waals surface area contributed by atoms with Gasteiger partial charge >= 0.3 is 0 Å². The van der Waals surface area contributed by atoms with Crippen molar-refractivity contribution in [2.24, 2.45) is 0 Å². The number of halogens is 1. The molecule has 0 spiro atoms. The Morgan fingerprint density at radius 2 is 1.94 bits per heavy atom. The molecule has 3 nitrogen and oxygen atoms in total. The van der Waals surface area contributed by atoms with Gasteiger partial charge in [-0.2, -0.15) is 0 Å². The summed E-state index contributed by atoms with van der Waals surface area (Å²) in [5, 5.41) is 0. The fourth-order valence-electron chi connectivity index (χ4n) is 1.79. The van der Waals surface area contributed by atoms with E-state index in [9.17, 15) is 9.18 Å². The number of carbonyl (C=O) groups is 1. The van der Waals surface area contributed by atoms with Gasteiger partial charge in [-0.3, -0.25) is 4.79 Å². The summed E-state index contributed by atoms with van der Waals surface area (Å²) in [6, 6.07) is 5.74. The Labute approximate surface area is 104 Å². The molecular weight excluding hydrogens is 231 g/mol. The summed E-state index contributed by atoms with van der Waals surface area (Å²) >= 11 is 0. The van der Waals surface area contributed by atoms with E-state index < -0.39 is 0 Å². The summed E-state index contributed by atoms with van der Waals surface area (Å²) in [4.78, 5) is 16.3. The lowest BCUT2D eigenvalue weighted by Crippen LogP contribution is -2.09. The van der Waals surface area contributed by atoms with Crippen LogP contribution in [-0.2, 0) is 0 Å². The largest absolute Gasteiger partial charge is 0.383 e. The topological polar surface area (TPSA) is 56.0 Å². The lowest BCUT2D eigenvalue weighted by molar-refractivity contribution is 0.103. The SMILES string of the molecule is Cc1cnc(N)c(C(=O)c2ccc(F)cc2C)c1. The van der Waals surface area contributed by atoms with Gasteiger partial charge in [-0.15, -0.1) is 0 Å². The fraction of sp³-hybridized carbons (Fsp3) is 0.143. The number of ketones is 1. The molecule has 0 saturated heterocycles. The van der Waals surface area contributed by atoms with E-state index in [1.54, 1.807) is 19.2 Å². The maximum absolute atomic E-state index is 13.0. The van der Waals surface area contributed by atoms with Crippen molar-refractivity contribution in [3.8, 4) is 0 Å². The first-order valence-corrected chi connectivity index (χ1v) is 5.52. The zero-order valence-corrected chi connectivity index (χ0v) is 10.2. The minimum atomic E-state index is -0.362. The van der Waals surface area contributed by atoms with Gasteiger partial charge in [0, 0.05) is 11.8 Å². The zero-order valence-electron chi connectivity index (χ0n) is 10.2. The van der Waals surface area contributed by atoms with Gasteiger partial charge in [0.05, 0.1) is 5.56 Å². The quantitative estimate of drug-likeness (QED) is 0.826. The number of hydrogen-bond acceptors (Lipinski definition) is 3. The molecular formula is C14H13FN2O. The first-order chi connectivity index (χ1) is 8.49. The minimum absolute atomic E-state index is 0.189. The molecule has 18 heavy (non-hydrogen) atoms. The lowest BCUT2D eigenvalue weighted by atomic mass is 9.99. The standard InChI is InChI=1S/C14H13FN2O/c1-8-5-12(14(16)17-7-8)13(18)11-4-3-10(15)6-9(11)2/h3-7H,1-2H3,(H2,16,17). The van der Waals surface area contributed by atoms with Crippen LogP contribution in [0, 0.1) is 19.7 Å². The van der Waals surface area contributed by atoms with E-state index >= 15 is 0 Å². The molecule has 0 atom stereocenters. The Balaban J connectivity index is 2.51. The molecule has 0 aliphatic carbocycles. The molecule has 0 fully saturated rings. The van der Waals surface area contributed by atoms with Crippen molar-refractivity contribution in [2.75, 3.05) is 5.73 Å². The number of hydrogen-bond donors (Lipinski definition) is 1. The fourth-order valence-corrected chi connectivity index (χ4v) is 1.79. The van der Waals surface area contributed by atoms with Gasteiger partial charge in [0.1, 0.15) is 11.6 Å². The van der Waals surface area contributed by atoms with Crippen LogP contribution in [0.5, 0.6) is 0 Å². The normalized spacial score (nSPS) is 10.4. The van der Waals surface area contributed by atoms with Crippen LogP contribution in [0.2, 0.25) is 0 Å². The van der Waals surface area contributed by atoms with Gasteiger partial charge in [0.15, 0.2) is 5.78 Å². The molecule has 2 aromatic rings. The van der Waals surface area contributed by atoms with Crippen LogP contribution < -0.4 is 5.73 Å². The molecule has 0 saturated carbocycles. The molecule has 0 unspecified atom stereocenters. The van der Waals surface area contributed by atoms with Gasteiger partial charge in [-0.25, -0.2) is 9.37 Å². The predicted molar refractivity (Wildman–Crippen MR) is 68.0 cm³/mol. The number of anilines is 1. The molecule has 0 bridgehead atoms. The van der Waals surface area contributed by atoms with Crippen molar-refractivity contribution in [3.05, 3.63) is 58.5 Å². The molecule has 0 amide bonds. The Hall–Kier alpha value is -2.23. The van der Waals surface area contributed by atoms with Crippen molar-refractivity contribution in [1.29, 1.82) is 0 Å². The zero-order chi connectivity index (χ0) is 13.3. The average Bonchev–Trinajstić information content (AvgIpc) is 2.31. The van der Waals surface area contributed by atoms with Crippen molar-refractivity contribution < 1.29 is 9.18 Å². The van der Waals surface area contributed by atoms with Crippen LogP contribution in [0.3, 0.4) is 0 Å². The number of nitrogen functional groups attached to an aromatic ring is 1. The second kappa shape index (κ2) is 4.56. The maximum atomic E-state index is 13.0. The second-order valence-electron chi connectivity index (χ2n) is 4.23. The molecule has 1 heterocycles. The molecule has 1 aromatic heterocycles. The van der Waals surface area contributed by atoms with Crippen LogP contribution in [0.15, 0.2) is 30.5 Å². The number of pyridine rings is 1. The number of nitrogens with two attached hydrogens (primary N) is 1.